The highest BCUT2D eigenvalue weighted by Gasteiger charge is 2.31. The molecule has 3 rings (SSSR count). The largest absolute Gasteiger partial charge is 0.497 e. The highest BCUT2D eigenvalue weighted by atomic mass is 32.2. The summed E-state index contributed by atoms with van der Waals surface area (Å²) in [5, 5.41) is 3.02. The molecule has 1 N–H and O–H groups in total. The molecule has 0 saturated carbocycles. The Morgan fingerprint density at radius 2 is 1.73 bits per heavy atom. The van der Waals surface area contributed by atoms with Crippen LogP contribution in [0.5, 0.6) is 5.75 Å². The molecule has 0 aliphatic carbocycles. The van der Waals surface area contributed by atoms with Crippen LogP contribution in [0.3, 0.4) is 0 Å². The lowest BCUT2D eigenvalue weighted by molar-refractivity contribution is -0.126. The van der Waals surface area contributed by atoms with Crippen molar-refractivity contribution in [3.8, 4) is 5.75 Å². The predicted octanol–water partition coefficient (Wildman–Crippen LogP) is 3.25. The molecule has 1 saturated heterocycles. The number of hydrogen-bond acceptors (Lipinski definition) is 4. The molecule has 0 unspecified atom stereocenters. The van der Waals surface area contributed by atoms with Gasteiger partial charge in [-0.15, -0.1) is 0 Å². The van der Waals surface area contributed by atoms with E-state index in [1.165, 1.54) is 28.6 Å². The average molecular weight is 435 g/mol. The lowest BCUT2D eigenvalue weighted by Crippen LogP contribution is -2.43. The van der Waals surface area contributed by atoms with Gasteiger partial charge in [-0.25, -0.2) is 17.1 Å². The van der Waals surface area contributed by atoms with Gasteiger partial charge in [0.05, 0.1) is 18.9 Å². The van der Waals surface area contributed by atoms with Crippen molar-refractivity contribution in [3.63, 3.8) is 0 Å². The number of methoxy groups -OCH3 is 1. The minimum absolute atomic E-state index is 0.0612. The molecule has 1 aliphatic rings. The lowest BCUT2D eigenvalue weighted by Gasteiger charge is -2.31. The molecule has 2 aromatic rings. The molecule has 1 amide bonds. The first-order valence-corrected chi connectivity index (χ1v) is 11.6. The van der Waals surface area contributed by atoms with Gasteiger partial charge in [0.15, 0.2) is 0 Å². The zero-order chi connectivity index (χ0) is 21.7. The molecule has 1 aliphatic heterocycles. The first kappa shape index (κ1) is 22.2. The van der Waals surface area contributed by atoms with Crippen LogP contribution in [0.4, 0.5) is 4.39 Å². The molecule has 0 aromatic heterocycles. The molecular weight excluding hydrogens is 407 g/mol. The normalized spacial score (nSPS) is 16.8. The van der Waals surface area contributed by atoms with Crippen molar-refractivity contribution in [2.45, 2.75) is 31.6 Å². The summed E-state index contributed by atoms with van der Waals surface area (Å²) in [6.45, 7) is 2.53. The van der Waals surface area contributed by atoms with E-state index in [4.69, 9.17) is 4.74 Å². The Morgan fingerprint density at radius 1 is 1.13 bits per heavy atom. The van der Waals surface area contributed by atoms with Gasteiger partial charge in [-0.3, -0.25) is 4.79 Å². The Morgan fingerprint density at radius 3 is 2.30 bits per heavy atom. The van der Waals surface area contributed by atoms with E-state index in [0.717, 1.165) is 11.3 Å². The van der Waals surface area contributed by atoms with E-state index in [1.54, 1.807) is 7.11 Å². The Hall–Kier alpha value is -2.45. The number of benzene rings is 2. The molecule has 162 valence electrons. The van der Waals surface area contributed by atoms with Crippen LogP contribution in [-0.2, 0) is 20.6 Å². The Labute approximate surface area is 177 Å². The standard InChI is InChI=1S/C22H27FN2O4S/c1-16(18-5-9-21(29-2)10-6-18)24-22(26)19-11-13-25(14-12-19)30(27,28)15-17-3-7-20(23)8-4-17/h3-10,16,19H,11-15H2,1-2H3,(H,24,26)/t16-/m1/s1. The van der Waals surface area contributed by atoms with E-state index >= 15 is 0 Å². The molecular formula is C22H27FN2O4S. The van der Waals surface area contributed by atoms with Gasteiger partial charge in [0.25, 0.3) is 0 Å². The molecule has 0 spiro atoms. The van der Waals surface area contributed by atoms with Gasteiger partial charge in [-0.1, -0.05) is 24.3 Å². The first-order chi connectivity index (χ1) is 14.3. The van der Waals surface area contributed by atoms with Crippen molar-refractivity contribution in [2.75, 3.05) is 20.2 Å². The third kappa shape index (κ3) is 5.58. The predicted molar refractivity (Wildman–Crippen MR) is 113 cm³/mol. The fourth-order valence-electron chi connectivity index (χ4n) is 3.59. The summed E-state index contributed by atoms with van der Waals surface area (Å²) in [4.78, 5) is 12.6. The molecule has 0 radical (unpaired) electrons. The number of sulfonamides is 1. The summed E-state index contributed by atoms with van der Waals surface area (Å²) >= 11 is 0. The summed E-state index contributed by atoms with van der Waals surface area (Å²) in [6.07, 6.45) is 0.952. The number of nitrogens with one attached hydrogen (secondary N) is 1. The SMILES string of the molecule is COc1ccc([C@@H](C)NC(=O)C2CCN(S(=O)(=O)Cc3ccc(F)cc3)CC2)cc1. The second kappa shape index (κ2) is 9.57. The van der Waals surface area contributed by atoms with Crippen LogP contribution in [0, 0.1) is 11.7 Å². The fourth-order valence-corrected chi connectivity index (χ4v) is 5.15. The van der Waals surface area contributed by atoms with Crippen LogP contribution in [0.2, 0.25) is 0 Å². The minimum atomic E-state index is -3.50. The van der Waals surface area contributed by atoms with Crippen molar-refractivity contribution in [3.05, 3.63) is 65.5 Å². The van der Waals surface area contributed by atoms with E-state index < -0.39 is 15.8 Å². The summed E-state index contributed by atoms with van der Waals surface area (Å²) in [5.74, 6) is -0.0891. The third-order valence-electron chi connectivity index (χ3n) is 5.45. The monoisotopic (exact) mass is 434 g/mol. The van der Waals surface area contributed by atoms with Crippen LogP contribution in [-0.4, -0.2) is 38.8 Å². The van der Waals surface area contributed by atoms with Crippen molar-refractivity contribution >= 4 is 15.9 Å². The van der Waals surface area contributed by atoms with E-state index in [1.807, 2.05) is 31.2 Å². The number of rotatable bonds is 7. The molecule has 2 aromatic carbocycles. The number of piperidine rings is 1. The summed E-state index contributed by atoms with van der Waals surface area (Å²) in [5.41, 5.74) is 1.52. The van der Waals surface area contributed by atoms with Crippen molar-refractivity contribution in [1.82, 2.24) is 9.62 Å². The van der Waals surface area contributed by atoms with Gasteiger partial charge in [-0.2, -0.15) is 0 Å². The minimum Gasteiger partial charge on any atom is -0.497 e. The number of ether oxygens (including phenoxy) is 1. The maximum absolute atomic E-state index is 13.0. The smallest absolute Gasteiger partial charge is 0.223 e. The van der Waals surface area contributed by atoms with E-state index in [0.29, 0.717) is 31.5 Å². The second-order valence-corrected chi connectivity index (χ2v) is 9.53. The van der Waals surface area contributed by atoms with Crippen molar-refractivity contribution in [2.24, 2.45) is 5.92 Å². The number of carbonyl (C=O) groups excluding carboxylic acids is 1. The highest BCUT2D eigenvalue weighted by molar-refractivity contribution is 7.88. The van der Waals surface area contributed by atoms with Crippen LogP contribution < -0.4 is 10.1 Å². The first-order valence-electron chi connectivity index (χ1n) is 9.95. The Bertz CT molecular complexity index is 954. The summed E-state index contributed by atoms with van der Waals surface area (Å²) in [6, 6.07) is 12.8. The second-order valence-electron chi connectivity index (χ2n) is 7.56. The quantitative estimate of drug-likeness (QED) is 0.726. The highest BCUT2D eigenvalue weighted by Crippen LogP contribution is 2.24. The summed E-state index contributed by atoms with van der Waals surface area (Å²) in [7, 11) is -1.90. The maximum atomic E-state index is 13.0. The van der Waals surface area contributed by atoms with Gasteiger partial charge in [0, 0.05) is 19.0 Å². The van der Waals surface area contributed by atoms with Gasteiger partial charge in [0.1, 0.15) is 11.6 Å². The zero-order valence-electron chi connectivity index (χ0n) is 17.2. The van der Waals surface area contributed by atoms with Crippen LogP contribution in [0.15, 0.2) is 48.5 Å². The van der Waals surface area contributed by atoms with Gasteiger partial charge >= 0.3 is 0 Å². The molecule has 1 atom stereocenters. The average Bonchev–Trinajstić information content (AvgIpc) is 2.75. The number of hydrogen-bond donors (Lipinski definition) is 1. The molecule has 8 heteroatoms. The van der Waals surface area contributed by atoms with E-state index in [-0.39, 0.29) is 23.6 Å². The number of carbonyl (C=O) groups is 1. The third-order valence-corrected chi connectivity index (χ3v) is 7.31. The molecule has 30 heavy (non-hydrogen) atoms. The lowest BCUT2D eigenvalue weighted by atomic mass is 9.96. The van der Waals surface area contributed by atoms with Gasteiger partial charge < -0.3 is 10.1 Å². The molecule has 6 nitrogen and oxygen atoms in total. The number of nitrogens with zero attached hydrogens (tertiary/aromatic N) is 1. The van der Waals surface area contributed by atoms with Gasteiger partial charge in [0.2, 0.25) is 15.9 Å². The zero-order valence-corrected chi connectivity index (χ0v) is 18.0. The summed E-state index contributed by atoms with van der Waals surface area (Å²) < 4.78 is 44.9. The van der Waals surface area contributed by atoms with Crippen LogP contribution in [0.1, 0.15) is 36.9 Å². The fraction of sp³-hybridized carbons (Fsp3) is 0.409. The van der Waals surface area contributed by atoms with Crippen molar-refractivity contribution in [1.29, 1.82) is 0 Å². The molecule has 0 bridgehead atoms. The maximum Gasteiger partial charge on any atom is 0.223 e. The van der Waals surface area contributed by atoms with E-state index in [9.17, 15) is 17.6 Å². The number of halogens is 1. The Balaban J connectivity index is 1.52. The van der Waals surface area contributed by atoms with Gasteiger partial charge in [-0.05, 0) is 55.2 Å². The van der Waals surface area contributed by atoms with Crippen molar-refractivity contribution < 1.29 is 22.3 Å². The van der Waals surface area contributed by atoms with Crippen LogP contribution in [0.25, 0.3) is 0 Å². The molecule has 1 fully saturated rings. The number of amides is 1. The molecule has 1 heterocycles. The van der Waals surface area contributed by atoms with E-state index in [2.05, 4.69) is 5.32 Å². The topological polar surface area (TPSA) is 75.7 Å². The van der Waals surface area contributed by atoms with Crippen LogP contribution >= 0.6 is 0 Å². The Kier molecular flexibility index (Phi) is 7.10.